The van der Waals surface area contributed by atoms with Gasteiger partial charge in [-0.15, -0.1) is 0 Å². The van der Waals surface area contributed by atoms with Crippen LogP contribution in [0.15, 0.2) is 30.6 Å². The predicted molar refractivity (Wildman–Crippen MR) is 68.0 cm³/mol. The third-order valence-electron chi connectivity index (χ3n) is 2.37. The fourth-order valence-corrected chi connectivity index (χ4v) is 1.79. The zero-order valence-electron chi connectivity index (χ0n) is 9.56. The van der Waals surface area contributed by atoms with Gasteiger partial charge in [0.1, 0.15) is 4.64 Å². The molecule has 0 aliphatic carbocycles. The number of aromatic amines is 1. The second-order valence-electron chi connectivity index (χ2n) is 3.34. The normalized spacial score (nSPS) is 10.0. The lowest BCUT2D eigenvalue weighted by atomic mass is 10.1. The van der Waals surface area contributed by atoms with Crippen molar-refractivity contribution in [1.82, 2.24) is 9.97 Å². The van der Waals surface area contributed by atoms with Crippen molar-refractivity contribution in [2.24, 2.45) is 0 Å². The van der Waals surface area contributed by atoms with Crippen LogP contribution in [0.3, 0.4) is 0 Å². The highest BCUT2D eigenvalue weighted by atomic mass is 32.1. The minimum Gasteiger partial charge on any atom is -0.493 e. The Kier molecular flexibility index (Phi) is 3.39. The van der Waals surface area contributed by atoms with Crippen LogP contribution < -0.4 is 9.47 Å². The van der Waals surface area contributed by atoms with Crippen molar-refractivity contribution in [3.8, 4) is 22.8 Å². The molecule has 1 N–H and O–H groups in total. The Morgan fingerprint density at radius 2 is 2.06 bits per heavy atom. The Morgan fingerprint density at radius 3 is 2.71 bits per heavy atom. The van der Waals surface area contributed by atoms with Crippen molar-refractivity contribution < 1.29 is 9.47 Å². The maximum Gasteiger partial charge on any atom is 0.170 e. The van der Waals surface area contributed by atoms with Gasteiger partial charge < -0.3 is 14.5 Å². The highest BCUT2D eigenvalue weighted by molar-refractivity contribution is 7.71. The average Bonchev–Trinajstić information content (AvgIpc) is 2.37. The van der Waals surface area contributed by atoms with Crippen LogP contribution >= 0.6 is 12.2 Å². The van der Waals surface area contributed by atoms with Crippen LogP contribution in [0.1, 0.15) is 0 Å². The van der Waals surface area contributed by atoms with Crippen molar-refractivity contribution in [3.63, 3.8) is 0 Å². The summed E-state index contributed by atoms with van der Waals surface area (Å²) in [6.07, 6.45) is 1.57. The van der Waals surface area contributed by atoms with E-state index in [2.05, 4.69) is 9.97 Å². The lowest BCUT2D eigenvalue weighted by molar-refractivity contribution is 0.356. The number of hydrogen-bond acceptors (Lipinski definition) is 4. The number of H-pyrrole nitrogens is 1. The van der Waals surface area contributed by atoms with Crippen LogP contribution in [0, 0.1) is 4.64 Å². The Balaban J connectivity index is 2.63. The van der Waals surface area contributed by atoms with Crippen LogP contribution in [-0.4, -0.2) is 24.2 Å². The molecule has 0 unspecified atom stereocenters. The Labute approximate surface area is 104 Å². The maximum absolute atomic E-state index is 5.36. The third kappa shape index (κ3) is 2.29. The summed E-state index contributed by atoms with van der Waals surface area (Å²) >= 11 is 5.04. The van der Waals surface area contributed by atoms with Gasteiger partial charge in [0.05, 0.1) is 26.2 Å². The molecule has 1 aromatic carbocycles. The average molecular weight is 248 g/mol. The first-order valence-corrected chi connectivity index (χ1v) is 5.43. The van der Waals surface area contributed by atoms with E-state index in [1.54, 1.807) is 26.6 Å². The second kappa shape index (κ2) is 4.97. The van der Waals surface area contributed by atoms with Crippen LogP contribution in [0.25, 0.3) is 11.3 Å². The van der Waals surface area contributed by atoms with E-state index < -0.39 is 0 Å². The molecule has 2 aromatic rings. The molecule has 0 radical (unpaired) electrons. The van der Waals surface area contributed by atoms with Gasteiger partial charge in [-0.25, -0.2) is 4.98 Å². The topological polar surface area (TPSA) is 47.1 Å². The largest absolute Gasteiger partial charge is 0.493 e. The lowest BCUT2D eigenvalue weighted by Crippen LogP contribution is -1.94. The molecule has 0 atom stereocenters. The van der Waals surface area contributed by atoms with Crippen molar-refractivity contribution in [2.45, 2.75) is 0 Å². The van der Waals surface area contributed by atoms with Gasteiger partial charge in [-0.05, 0) is 18.2 Å². The molecule has 0 amide bonds. The number of benzene rings is 1. The van der Waals surface area contributed by atoms with Gasteiger partial charge in [-0.1, -0.05) is 18.3 Å². The summed E-state index contributed by atoms with van der Waals surface area (Å²) < 4.78 is 11.1. The summed E-state index contributed by atoms with van der Waals surface area (Å²) in [5, 5.41) is 0. The fourth-order valence-electron chi connectivity index (χ4n) is 1.62. The molecule has 5 heteroatoms. The molecule has 1 aromatic heterocycles. The van der Waals surface area contributed by atoms with Gasteiger partial charge in [0.25, 0.3) is 0 Å². The van der Waals surface area contributed by atoms with E-state index in [1.165, 1.54) is 0 Å². The Hall–Kier alpha value is -1.88. The third-order valence-corrected chi connectivity index (χ3v) is 2.60. The molecule has 4 nitrogen and oxygen atoms in total. The van der Waals surface area contributed by atoms with E-state index in [0.717, 1.165) is 11.3 Å². The van der Waals surface area contributed by atoms with Crippen molar-refractivity contribution >= 4 is 12.2 Å². The van der Waals surface area contributed by atoms with E-state index in [-0.39, 0.29) is 0 Å². The number of ether oxygens (including phenoxy) is 2. The summed E-state index contributed by atoms with van der Waals surface area (Å²) in [6.45, 7) is 0. The van der Waals surface area contributed by atoms with Crippen LogP contribution in [-0.2, 0) is 0 Å². The second-order valence-corrected chi connectivity index (χ2v) is 3.76. The number of nitrogens with zero attached hydrogens (tertiary/aromatic N) is 1. The molecule has 0 bridgehead atoms. The van der Waals surface area contributed by atoms with Crippen LogP contribution in [0.4, 0.5) is 0 Å². The van der Waals surface area contributed by atoms with Gasteiger partial charge in [0.2, 0.25) is 0 Å². The van der Waals surface area contributed by atoms with Crippen molar-refractivity contribution in [1.29, 1.82) is 0 Å². The van der Waals surface area contributed by atoms with E-state index in [1.807, 2.05) is 18.2 Å². The number of methoxy groups -OCH3 is 2. The number of para-hydroxylation sites is 1. The quantitative estimate of drug-likeness (QED) is 0.848. The molecule has 0 saturated heterocycles. The molecule has 17 heavy (non-hydrogen) atoms. The number of aromatic nitrogens is 2. The van der Waals surface area contributed by atoms with Crippen molar-refractivity contribution in [2.75, 3.05) is 14.2 Å². The number of rotatable bonds is 3. The van der Waals surface area contributed by atoms with E-state index in [0.29, 0.717) is 16.1 Å². The maximum atomic E-state index is 5.36. The van der Waals surface area contributed by atoms with Gasteiger partial charge in [0.15, 0.2) is 11.5 Å². The highest BCUT2D eigenvalue weighted by Crippen LogP contribution is 2.36. The minimum atomic E-state index is 0.531. The first kappa shape index (κ1) is 11.6. The summed E-state index contributed by atoms with van der Waals surface area (Å²) in [6, 6.07) is 7.46. The summed E-state index contributed by atoms with van der Waals surface area (Å²) in [5.74, 6) is 1.35. The monoisotopic (exact) mass is 248 g/mol. The zero-order chi connectivity index (χ0) is 12.3. The fraction of sp³-hybridized carbons (Fsp3) is 0.167. The predicted octanol–water partition coefficient (Wildman–Crippen LogP) is 2.82. The Bertz CT molecular complexity index is 581. The molecular formula is C12H12N2O2S. The molecule has 1 heterocycles. The Morgan fingerprint density at radius 1 is 1.24 bits per heavy atom. The first-order chi connectivity index (χ1) is 8.26. The zero-order valence-corrected chi connectivity index (χ0v) is 10.4. The molecule has 0 fully saturated rings. The lowest BCUT2D eigenvalue weighted by Gasteiger charge is -2.12. The summed E-state index contributed by atoms with van der Waals surface area (Å²) in [4.78, 5) is 6.99. The SMILES string of the molecule is COc1cccc(-c2cc(=S)nc[nH]2)c1OC. The minimum absolute atomic E-state index is 0.531. The smallest absolute Gasteiger partial charge is 0.170 e. The molecule has 0 aliphatic rings. The van der Waals surface area contributed by atoms with E-state index >= 15 is 0 Å². The van der Waals surface area contributed by atoms with Crippen LogP contribution in [0.2, 0.25) is 0 Å². The van der Waals surface area contributed by atoms with Gasteiger partial charge in [-0.3, -0.25) is 0 Å². The molecule has 88 valence electrons. The standard InChI is InChI=1S/C12H12N2O2S/c1-15-10-5-3-4-8(12(10)16-2)9-6-11(17)14-7-13-9/h3-7H,1-2H3,(H,13,14,17). The molecule has 0 spiro atoms. The van der Waals surface area contributed by atoms with Crippen molar-refractivity contribution in [3.05, 3.63) is 35.2 Å². The summed E-state index contributed by atoms with van der Waals surface area (Å²) in [7, 11) is 3.22. The van der Waals surface area contributed by atoms with Crippen LogP contribution in [0.5, 0.6) is 11.5 Å². The highest BCUT2D eigenvalue weighted by Gasteiger charge is 2.11. The van der Waals surface area contributed by atoms with Gasteiger partial charge >= 0.3 is 0 Å². The number of hydrogen-bond donors (Lipinski definition) is 1. The molecular weight excluding hydrogens is 236 g/mol. The molecule has 2 rings (SSSR count). The number of nitrogens with one attached hydrogen (secondary N) is 1. The van der Waals surface area contributed by atoms with Gasteiger partial charge in [0, 0.05) is 5.56 Å². The van der Waals surface area contributed by atoms with Gasteiger partial charge in [-0.2, -0.15) is 0 Å². The molecule has 0 saturated carbocycles. The van der Waals surface area contributed by atoms with E-state index in [9.17, 15) is 0 Å². The summed E-state index contributed by atoms with van der Waals surface area (Å²) in [5.41, 5.74) is 1.74. The van der Waals surface area contributed by atoms with E-state index in [4.69, 9.17) is 21.7 Å². The first-order valence-electron chi connectivity index (χ1n) is 5.02. The molecule has 0 aliphatic heterocycles.